The molecule has 0 aliphatic carbocycles. The van der Waals surface area contributed by atoms with E-state index in [9.17, 15) is 4.79 Å². The Morgan fingerprint density at radius 2 is 2.55 bits per heavy atom. The van der Waals surface area contributed by atoms with Crippen LogP contribution in [0.4, 0.5) is 0 Å². The first-order valence-electron chi connectivity index (χ1n) is 2.80. The predicted octanol–water partition coefficient (Wildman–Crippen LogP) is 2.13. The molecule has 0 saturated heterocycles. The lowest BCUT2D eigenvalue weighted by atomic mass is 10.6. The highest BCUT2D eigenvalue weighted by Gasteiger charge is 2.03. The summed E-state index contributed by atoms with van der Waals surface area (Å²) in [5.41, 5.74) is 0. The van der Waals surface area contributed by atoms with Crippen LogP contribution in [0, 0.1) is 0 Å². The number of furan rings is 1. The highest BCUT2D eigenvalue weighted by molar-refractivity contribution is 9.10. The first kappa shape index (κ1) is 8.07. The van der Waals surface area contributed by atoms with Gasteiger partial charge in [-0.3, -0.25) is 0 Å². The minimum atomic E-state index is -0.535. The number of carbonyl (C=O) groups excluding carboxylic acids is 1. The molecule has 3 nitrogen and oxygen atoms in total. The van der Waals surface area contributed by atoms with E-state index < -0.39 is 5.97 Å². The molecule has 0 amide bonds. The van der Waals surface area contributed by atoms with Crippen LogP contribution in [0.5, 0.6) is 5.95 Å². The zero-order chi connectivity index (χ0) is 8.27. The molecule has 0 aliphatic heterocycles. The molecule has 11 heavy (non-hydrogen) atoms. The van der Waals surface area contributed by atoms with Gasteiger partial charge in [0.2, 0.25) is 0 Å². The summed E-state index contributed by atoms with van der Waals surface area (Å²) in [7, 11) is 0. The van der Waals surface area contributed by atoms with E-state index in [1.807, 2.05) is 0 Å². The van der Waals surface area contributed by atoms with Gasteiger partial charge in [0.15, 0.2) is 0 Å². The van der Waals surface area contributed by atoms with Gasteiger partial charge in [-0.15, -0.1) is 0 Å². The van der Waals surface area contributed by atoms with Crippen LogP contribution in [0.3, 0.4) is 0 Å². The van der Waals surface area contributed by atoms with E-state index in [4.69, 9.17) is 4.42 Å². The third kappa shape index (κ3) is 2.23. The number of rotatable bonds is 2. The molecular weight excluding hydrogens is 212 g/mol. The van der Waals surface area contributed by atoms with Crippen LogP contribution in [-0.4, -0.2) is 5.97 Å². The highest BCUT2D eigenvalue weighted by atomic mass is 79.9. The fourth-order valence-electron chi connectivity index (χ4n) is 0.489. The largest absolute Gasteiger partial charge is 0.433 e. The van der Waals surface area contributed by atoms with Crippen LogP contribution >= 0.6 is 15.9 Å². The Morgan fingerprint density at radius 1 is 1.82 bits per heavy atom. The molecule has 1 rings (SSSR count). The fourth-order valence-corrected chi connectivity index (χ4v) is 0.770. The maximum atomic E-state index is 10.6. The number of ether oxygens (including phenoxy) is 1. The molecule has 1 heterocycles. The Morgan fingerprint density at radius 3 is 3.00 bits per heavy atom. The van der Waals surface area contributed by atoms with Crippen molar-refractivity contribution in [3.8, 4) is 5.95 Å². The Labute approximate surface area is 71.8 Å². The Balaban J connectivity index is 2.64. The first-order chi connectivity index (χ1) is 5.22. The van der Waals surface area contributed by atoms with E-state index in [2.05, 4.69) is 27.2 Å². The van der Waals surface area contributed by atoms with Gasteiger partial charge in [-0.05, 0) is 15.9 Å². The van der Waals surface area contributed by atoms with Gasteiger partial charge in [0.1, 0.15) is 6.26 Å². The van der Waals surface area contributed by atoms with Crippen LogP contribution in [0.2, 0.25) is 0 Å². The SMILES string of the molecule is C=CC(=O)Oc1cc(Br)co1. The minimum Gasteiger partial charge on any atom is -0.433 e. The average molecular weight is 217 g/mol. The normalized spacial score (nSPS) is 9.18. The number of carbonyl (C=O) groups is 1. The fraction of sp³-hybridized carbons (Fsp3) is 0. The Bertz CT molecular complexity index is 277. The van der Waals surface area contributed by atoms with Crippen molar-refractivity contribution >= 4 is 21.9 Å². The molecule has 0 aliphatic rings. The lowest BCUT2D eigenvalue weighted by molar-refractivity contribution is -0.130. The second kappa shape index (κ2) is 3.39. The summed E-state index contributed by atoms with van der Waals surface area (Å²) in [5, 5.41) is 0. The van der Waals surface area contributed by atoms with Crippen molar-refractivity contribution in [3.63, 3.8) is 0 Å². The summed E-state index contributed by atoms with van der Waals surface area (Å²) in [6.07, 6.45) is 2.49. The molecule has 1 aromatic heterocycles. The van der Waals surface area contributed by atoms with Gasteiger partial charge in [0.25, 0.3) is 5.95 Å². The molecule has 0 unspecified atom stereocenters. The first-order valence-corrected chi connectivity index (χ1v) is 3.60. The Hall–Kier alpha value is -1.03. The summed E-state index contributed by atoms with van der Waals surface area (Å²) in [4.78, 5) is 10.6. The summed E-state index contributed by atoms with van der Waals surface area (Å²) >= 11 is 3.13. The van der Waals surface area contributed by atoms with Crippen molar-refractivity contribution in [1.82, 2.24) is 0 Å². The average Bonchev–Trinajstić information content (AvgIpc) is 2.35. The summed E-state index contributed by atoms with van der Waals surface area (Å²) in [5.74, 6) is -0.381. The molecule has 0 fully saturated rings. The van der Waals surface area contributed by atoms with Gasteiger partial charge in [-0.1, -0.05) is 6.58 Å². The van der Waals surface area contributed by atoms with Crippen molar-refractivity contribution in [2.75, 3.05) is 0 Å². The third-order valence-electron chi connectivity index (χ3n) is 0.911. The third-order valence-corrected chi connectivity index (χ3v) is 1.33. The van der Waals surface area contributed by atoms with Crippen LogP contribution in [-0.2, 0) is 4.79 Å². The van der Waals surface area contributed by atoms with E-state index in [1.54, 1.807) is 6.07 Å². The number of hydrogen-bond donors (Lipinski definition) is 0. The summed E-state index contributed by atoms with van der Waals surface area (Å²) in [6.45, 7) is 3.24. The van der Waals surface area contributed by atoms with Gasteiger partial charge in [-0.25, -0.2) is 4.79 Å². The molecule has 0 radical (unpaired) electrons. The van der Waals surface area contributed by atoms with E-state index in [0.717, 1.165) is 10.5 Å². The van der Waals surface area contributed by atoms with Crippen molar-refractivity contribution in [1.29, 1.82) is 0 Å². The van der Waals surface area contributed by atoms with E-state index in [1.165, 1.54) is 6.26 Å². The highest BCUT2D eigenvalue weighted by Crippen LogP contribution is 2.20. The monoisotopic (exact) mass is 216 g/mol. The van der Waals surface area contributed by atoms with Crippen molar-refractivity contribution in [2.45, 2.75) is 0 Å². The maximum Gasteiger partial charge on any atom is 0.337 e. The standard InChI is InChI=1S/C7H5BrO3/c1-2-6(9)11-7-3-5(8)4-10-7/h2-4H,1H2. The molecule has 0 spiro atoms. The van der Waals surface area contributed by atoms with Crippen molar-refractivity contribution < 1.29 is 13.9 Å². The number of halogens is 1. The van der Waals surface area contributed by atoms with Crippen LogP contribution in [0.15, 0.2) is 33.9 Å². The summed E-state index contributed by atoms with van der Waals surface area (Å²) < 4.78 is 10.2. The predicted molar refractivity (Wildman–Crippen MR) is 42.2 cm³/mol. The van der Waals surface area contributed by atoms with Gasteiger partial charge in [0.05, 0.1) is 4.47 Å². The molecule has 0 atom stereocenters. The smallest absolute Gasteiger partial charge is 0.337 e. The quantitative estimate of drug-likeness (QED) is 0.562. The van der Waals surface area contributed by atoms with Crippen molar-refractivity contribution in [3.05, 3.63) is 29.5 Å². The van der Waals surface area contributed by atoms with Gasteiger partial charge in [-0.2, -0.15) is 0 Å². The number of hydrogen-bond acceptors (Lipinski definition) is 3. The zero-order valence-electron chi connectivity index (χ0n) is 5.54. The maximum absolute atomic E-state index is 10.6. The topological polar surface area (TPSA) is 39.4 Å². The van der Waals surface area contributed by atoms with E-state index >= 15 is 0 Å². The van der Waals surface area contributed by atoms with E-state index in [-0.39, 0.29) is 5.95 Å². The lowest BCUT2D eigenvalue weighted by Crippen LogP contribution is -2.01. The van der Waals surface area contributed by atoms with Crippen LogP contribution in [0.25, 0.3) is 0 Å². The van der Waals surface area contributed by atoms with Crippen LogP contribution in [0.1, 0.15) is 0 Å². The molecular formula is C7H5BrO3. The molecule has 0 N–H and O–H groups in total. The molecule has 0 saturated carbocycles. The molecule has 4 heteroatoms. The van der Waals surface area contributed by atoms with E-state index in [0.29, 0.717) is 0 Å². The summed E-state index contributed by atoms with van der Waals surface area (Å²) in [6, 6.07) is 1.54. The Kier molecular flexibility index (Phi) is 2.48. The molecule has 0 bridgehead atoms. The number of esters is 1. The van der Waals surface area contributed by atoms with Crippen molar-refractivity contribution in [2.24, 2.45) is 0 Å². The second-order valence-electron chi connectivity index (χ2n) is 1.71. The molecule has 0 aromatic carbocycles. The molecule has 58 valence electrons. The molecule has 1 aromatic rings. The zero-order valence-corrected chi connectivity index (χ0v) is 7.13. The second-order valence-corrected chi connectivity index (χ2v) is 2.62. The van der Waals surface area contributed by atoms with Gasteiger partial charge < -0.3 is 9.15 Å². The van der Waals surface area contributed by atoms with Gasteiger partial charge >= 0.3 is 5.97 Å². The van der Waals surface area contributed by atoms with Gasteiger partial charge in [0, 0.05) is 12.1 Å². The minimum absolute atomic E-state index is 0.154. The lowest BCUT2D eigenvalue weighted by Gasteiger charge is -1.91. The van der Waals surface area contributed by atoms with Crippen LogP contribution < -0.4 is 4.74 Å².